The normalized spacial score (nSPS) is 18.8. The zero-order valence-corrected chi connectivity index (χ0v) is 5.46. The van der Waals surface area contributed by atoms with Crippen molar-refractivity contribution in [3.05, 3.63) is 48.5 Å². The maximum absolute atomic E-state index is 7.36. The second-order valence-electron chi connectivity index (χ2n) is 1.87. The average Bonchev–Trinajstić information content (AvgIpc) is 2.27. The Labute approximate surface area is 67.1 Å². The molecule has 0 spiro atoms. The Morgan fingerprint density at radius 1 is 1.10 bits per heavy atom. The molecule has 0 aliphatic rings. The zero-order chi connectivity index (χ0) is 10.6. The molecular weight excluding hydrogens is 120 g/mol. The van der Waals surface area contributed by atoms with Gasteiger partial charge >= 0.3 is 0 Å². The molecule has 0 saturated heterocycles. The van der Waals surface area contributed by atoms with Crippen LogP contribution in [0.15, 0.2) is 37.4 Å². The highest BCUT2D eigenvalue weighted by atomic mass is 13.9. The number of rotatable bonds is 2. The van der Waals surface area contributed by atoms with E-state index in [0.29, 0.717) is 11.1 Å². The summed E-state index contributed by atoms with van der Waals surface area (Å²) in [4.78, 5) is 0. The van der Waals surface area contributed by atoms with E-state index in [2.05, 4.69) is 0 Å². The molecule has 0 heteroatoms. The number of hydrogen-bond acceptors (Lipinski definition) is 0. The van der Waals surface area contributed by atoms with Crippen LogP contribution in [-0.4, -0.2) is 0 Å². The van der Waals surface area contributed by atoms with Crippen molar-refractivity contribution in [3.8, 4) is 0 Å². The van der Waals surface area contributed by atoms with E-state index < -0.39 is 0 Å². The van der Waals surface area contributed by atoms with Gasteiger partial charge in [0.25, 0.3) is 0 Å². The number of benzene rings is 1. The Morgan fingerprint density at radius 2 is 1.50 bits per heavy atom. The van der Waals surface area contributed by atoms with Crippen LogP contribution in [0.25, 0.3) is 12.1 Å². The molecule has 0 N–H and O–H groups in total. The van der Waals surface area contributed by atoms with Crippen molar-refractivity contribution < 1.29 is 5.48 Å². The highest BCUT2D eigenvalue weighted by Crippen LogP contribution is 2.05. The lowest BCUT2D eigenvalue weighted by atomic mass is 10.1. The number of hydrogen-bond donors (Lipinski definition) is 0. The van der Waals surface area contributed by atoms with E-state index in [9.17, 15) is 0 Å². The average molecular weight is 134 g/mol. The molecule has 0 aromatic heterocycles. The molecule has 1 rings (SSSR count). The second kappa shape index (κ2) is 3.02. The van der Waals surface area contributed by atoms with E-state index in [1.165, 1.54) is 0 Å². The first-order valence-corrected chi connectivity index (χ1v) is 2.90. The molecule has 0 aliphatic carbocycles. The predicted octanol–water partition coefficient (Wildman–Crippen LogP) is 2.97. The molecule has 0 atom stereocenters. The largest absolute Gasteiger partial charge is 0.0985 e. The third-order valence-corrected chi connectivity index (χ3v) is 1.22. The van der Waals surface area contributed by atoms with Gasteiger partial charge in [-0.2, -0.15) is 0 Å². The van der Waals surface area contributed by atoms with Crippen molar-refractivity contribution >= 4 is 12.1 Å². The molecule has 0 saturated carbocycles. The van der Waals surface area contributed by atoms with Gasteiger partial charge in [0, 0.05) is 0 Å². The Kier molecular flexibility index (Phi) is 0.966. The van der Waals surface area contributed by atoms with Gasteiger partial charge in [0.05, 0.1) is 5.48 Å². The van der Waals surface area contributed by atoms with Crippen LogP contribution in [0.4, 0.5) is 0 Å². The fourth-order valence-corrected chi connectivity index (χ4v) is 0.663. The summed E-state index contributed by atoms with van der Waals surface area (Å²) in [6.07, 6.45) is 0. The fourth-order valence-electron chi connectivity index (χ4n) is 0.663. The summed E-state index contributed by atoms with van der Waals surface area (Å²) in [5.74, 6) is 0. The quantitative estimate of drug-likeness (QED) is 0.583. The standard InChI is InChI=1S/C10H10/c1-3-9-5-7-10(4-2)8-6-9/h3-8H,1-2H2/i1D,2D,3D,4D/b3-1+,4-2+. The molecular formula is C10H10. The van der Waals surface area contributed by atoms with Crippen LogP contribution in [0.5, 0.6) is 0 Å². The van der Waals surface area contributed by atoms with Gasteiger partial charge in [0.1, 0.15) is 0 Å². The van der Waals surface area contributed by atoms with Gasteiger partial charge < -0.3 is 0 Å². The first-order valence-electron chi connectivity index (χ1n) is 5.05. The van der Waals surface area contributed by atoms with Crippen molar-refractivity contribution in [3.63, 3.8) is 0 Å². The minimum absolute atomic E-state index is 0.137. The van der Waals surface area contributed by atoms with Crippen molar-refractivity contribution in [2.24, 2.45) is 0 Å². The van der Waals surface area contributed by atoms with Crippen LogP contribution >= 0.6 is 0 Å². The molecule has 1 aromatic rings. The van der Waals surface area contributed by atoms with E-state index in [1.807, 2.05) is 0 Å². The van der Waals surface area contributed by atoms with Gasteiger partial charge in [0.15, 0.2) is 0 Å². The van der Waals surface area contributed by atoms with E-state index in [0.717, 1.165) is 13.1 Å². The Bertz CT molecular complexity index is 325. The third kappa shape index (κ3) is 1.35. The molecule has 0 unspecified atom stereocenters. The Morgan fingerprint density at radius 3 is 1.80 bits per heavy atom. The molecule has 0 heterocycles. The maximum Gasteiger partial charge on any atom is 0.0623 e. The second-order valence-corrected chi connectivity index (χ2v) is 1.87. The molecule has 0 amide bonds. The summed E-state index contributed by atoms with van der Waals surface area (Å²) in [6, 6.07) is 6.94. The van der Waals surface area contributed by atoms with E-state index in [1.54, 1.807) is 24.3 Å². The molecule has 10 heavy (non-hydrogen) atoms. The molecule has 0 fully saturated rings. The van der Waals surface area contributed by atoms with Crippen molar-refractivity contribution in [1.29, 1.82) is 0 Å². The highest BCUT2D eigenvalue weighted by molar-refractivity contribution is 5.53. The van der Waals surface area contributed by atoms with Gasteiger partial charge in [-0.15, -0.1) is 0 Å². The minimum Gasteiger partial charge on any atom is -0.0985 e. The van der Waals surface area contributed by atoms with Crippen LogP contribution in [0.2, 0.25) is 0 Å². The van der Waals surface area contributed by atoms with Crippen molar-refractivity contribution in [2.45, 2.75) is 0 Å². The summed E-state index contributed by atoms with van der Waals surface area (Å²) < 4.78 is 28.5. The summed E-state index contributed by atoms with van der Waals surface area (Å²) in [5.41, 5.74) is 1.28. The maximum atomic E-state index is 7.36. The molecule has 0 radical (unpaired) electrons. The lowest BCUT2D eigenvalue weighted by Gasteiger charge is -1.92. The molecule has 0 aliphatic heterocycles. The SMILES string of the molecule is [2H]/C=C(\[2H])c1ccc(/C([2H])=C/[2H])cc1. The third-order valence-electron chi connectivity index (χ3n) is 1.22. The monoisotopic (exact) mass is 134 g/mol. The van der Waals surface area contributed by atoms with Gasteiger partial charge in [-0.3, -0.25) is 0 Å². The predicted molar refractivity (Wildman–Crippen MR) is 46.6 cm³/mol. The minimum atomic E-state index is 0.137. The van der Waals surface area contributed by atoms with Crippen molar-refractivity contribution in [1.82, 2.24) is 0 Å². The van der Waals surface area contributed by atoms with Gasteiger partial charge in [-0.05, 0) is 11.1 Å². The van der Waals surface area contributed by atoms with Gasteiger partial charge in [-0.1, -0.05) is 49.5 Å². The van der Waals surface area contributed by atoms with Crippen molar-refractivity contribution in [2.75, 3.05) is 0 Å². The van der Waals surface area contributed by atoms with Crippen LogP contribution in [0, 0.1) is 0 Å². The topological polar surface area (TPSA) is 0 Å². The zero-order valence-electron chi connectivity index (χ0n) is 9.46. The first-order chi connectivity index (χ1) is 6.69. The molecule has 0 bridgehead atoms. The van der Waals surface area contributed by atoms with Crippen LogP contribution in [0.3, 0.4) is 0 Å². The molecule has 0 nitrogen and oxygen atoms in total. The van der Waals surface area contributed by atoms with Crippen LogP contribution in [-0.2, 0) is 0 Å². The Hall–Kier alpha value is -1.30. The summed E-state index contributed by atoms with van der Waals surface area (Å²) in [6.45, 7) is 1.94. The smallest absolute Gasteiger partial charge is 0.0623 e. The summed E-state index contributed by atoms with van der Waals surface area (Å²) in [5, 5.41) is 0. The Balaban J connectivity index is 3.01. The van der Waals surface area contributed by atoms with E-state index in [-0.39, 0.29) is 12.1 Å². The lowest BCUT2D eigenvalue weighted by Crippen LogP contribution is -1.71. The molecule has 50 valence electrons. The van der Waals surface area contributed by atoms with Crippen LogP contribution < -0.4 is 0 Å². The lowest BCUT2D eigenvalue weighted by molar-refractivity contribution is 1.63. The molecule has 1 aromatic carbocycles. The first kappa shape index (κ1) is 3.20. The van der Waals surface area contributed by atoms with E-state index >= 15 is 0 Å². The van der Waals surface area contributed by atoms with Gasteiger partial charge in [0.2, 0.25) is 0 Å². The summed E-state index contributed by atoms with van der Waals surface area (Å²) in [7, 11) is 0. The van der Waals surface area contributed by atoms with Crippen LogP contribution in [0.1, 0.15) is 16.6 Å². The fraction of sp³-hybridized carbons (Fsp3) is 0. The van der Waals surface area contributed by atoms with E-state index in [4.69, 9.17) is 5.48 Å². The van der Waals surface area contributed by atoms with Gasteiger partial charge in [-0.25, -0.2) is 0 Å². The summed E-state index contributed by atoms with van der Waals surface area (Å²) >= 11 is 0. The highest BCUT2D eigenvalue weighted by Gasteiger charge is 1.84.